The highest BCUT2D eigenvalue weighted by atomic mass is 35.5. The highest BCUT2D eigenvalue weighted by Gasteiger charge is 2.16. The number of halogens is 1. The summed E-state index contributed by atoms with van der Waals surface area (Å²) in [5.74, 6) is 0.529. The normalized spacial score (nSPS) is 10.1. The first-order valence-electron chi connectivity index (χ1n) is 5.76. The average molecular weight is 256 g/mol. The van der Waals surface area contributed by atoms with E-state index in [0.717, 1.165) is 13.0 Å². The van der Waals surface area contributed by atoms with Crippen molar-refractivity contribution in [3.63, 3.8) is 0 Å². The summed E-state index contributed by atoms with van der Waals surface area (Å²) in [6.45, 7) is 5.45. The molecule has 1 rings (SSSR count). The number of amides is 1. The van der Waals surface area contributed by atoms with Crippen LogP contribution in [-0.2, 0) is 0 Å². The number of pyridine rings is 1. The zero-order valence-corrected chi connectivity index (χ0v) is 11.2. The fraction of sp³-hybridized carbons (Fsp3) is 0.500. The number of hydrogen-bond donors (Lipinski definition) is 1. The Labute approximate surface area is 107 Å². The SMILES string of the molecule is CCCN(C)C(=O)c1nc(NCC)ccc1Cl. The number of anilines is 1. The second-order valence-corrected chi connectivity index (χ2v) is 4.19. The van der Waals surface area contributed by atoms with E-state index in [0.29, 0.717) is 23.1 Å². The van der Waals surface area contributed by atoms with Crippen LogP contribution in [0.1, 0.15) is 30.8 Å². The molecule has 0 unspecified atom stereocenters. The third kappa shape index (κ3) is 3.60. The zero-order chi connectivity index (χ0) is 12.8. The molecule has 0 atom stereocenters. The molecule has 1 N–H and O–H groups in total. The maximum Gasteiger partial charge on any atom is 0.273 e. The summed E-state index contributed by atoms with van der Waals surface area (Å²) in [7, 11) is 1.75. The largest absolute Gasteiger partial charge is 0.370 e. The van der Waals surface area contributed by atoms with Gasteiger partial charge < -0.3 is 10.2 Å². The van der Waals surface area contributed by atoms with Crippen molar-refractivity contribution in [1.29, 1.82) is 0 Å². The van der Waals surface area contributed by atoms with E-state index < -0.39 is 0 Å². The minimum atomic E-state index is -0.142. The van der Waals surface area contributed by atoms with E-state index >= 15 is 0 Å². The van der Waals surface area contributed by atoms with Crippen molar-refractivity contribution in [3.8, 4) is 0 Å². The first-order valence-corrected chi connectivity index (χ1v) is 6.13. The summed E-state index contributed by atoms with van der Waals surface area (Å²) in [6.07, 6.45) is 0.909. The predicted molar refractivity (Wildman–Crippen MR) is 70.7 cm³/mol. The maximum atomic E-state index is 12.1. The van der Waals surface area contributed by atoms with Gasteiger partial charge in [-0.1, -0.05) is 18.5 Å². The molecule has 0 saturated carbocycles. The van der Waals surface area contributed by atoms with E-state index in [2.05, 4.69) is 10.3 Å². The second-order valence-electron chi connectivity index (χ2n) is 3.78. The number of hydrogen-bond acceptors (Lipinski definition) is 3. The van der Waals surface area contributed by atoms with Crippen molar-refractivity contribution in [2.24, 2.45) is 0 Å². The van der Waals surface area contributed by atoms with Crippen LogP contribution < -0.4 is 5.32 Å². The van der Waals surface area contributed by atoms with E-state index in [-0.39, 0.29) is 5.91 Å². The van der Waals surface area contributed by atoms with Gasteiger partial charge in [-0.3, -0.25) is 4.79 Å². The summed E-state index contributed by atoms with van der Waals surface area (Å²) in [5.41, 5.74) is 0.307. The highest BCUT2D eigenvalue weighted by molar-refractivity contribution is 6.33. The lowest BCUT2D eigenvalue weighted by Crippen LogP contribution is -2.28. The number of carbonyl (C=O) groups excluding carboxylic acids is 1. The molecular weight excluding hydrogens is 238 g/mol. The number of nitrogens with one attached hydrogen (secondary N) is 1. The molecule has 1 amide bonds. The summed E-state index contributed by atoms with van der Waals surface area (Å²) in [6, 6.07) is 3.46. The minimum absolute atomic E-state index is 0.142. The molecule has 5 heteroatoms. The Kier molecular flexibility index (Phi) is 5.22. The van der Waals surface area contributed by atoms with Gasteiger partial charge in [0, 0.05) is 20.1 Å². The van der Waals surface area contributed by atoms with Gasteiger partial charge in [0.15, 0.2) is 0 Å². The van der Waals surface area contributed by atoms with Gasteiger partial charge in [-0.2, -0.15) is 0 Å². The van der Waals surface area contributed by atoms with E-state index in [9.17, 15) is 4.79 Å². The molecule has 0 aliphatic rings. The van der Waals surface area contributed by atoms with Gasteiger partial charge in [0.1, 0.15) is 11.5 Å². The first kappa shape index (κ1) is 13.8. The van der Waals surface area contributed by atoms with E-state index in [1.54, 1.807) is 24.1 Å². The molecular formula is C12H18ClN3O. The Bertz CT molecular complexity index is 395. The summed E-state index contributed by atoms with van der Waals surface area (Å²) >= 11 is 6.00. The van der Waals surface area contributed by atoms with E-state index in [1.807, 2.05) is 13.8 Å². The van der Waals surface area contributed by atoms with Gasteiger partial charge in [-0.05, 0) is 25.5 Å². The van der Waals surface area contributed by atoms with Crippen LogP contribution in [0.4, 0.5) is 5.82 Å². The monoisotopic (exact) mass is 255 g/mol. The quantitative estimate of drug-likeness (QED) is 0.880. The van der Waals surface area contributed by atoms with Crippen LogP contribution in [0, 0.1) is 0 Å². The minimum Gasteiger partial charge on any atom is -0.370 e. The summed E-state index contributed by atoms with van der Waals surface area (Å²) < 4.78 is 0. The van der Waals surface area contributed by atoms with Crippen LogP contribution in [0.5, 0.6) is 0 Å². The molecule has 0 radical (unpaired) electrons. The number of nitrogens with zero attached hydrogens (tertiary/aromatic N) is 2. The number of carbonyl (C=O) groups is 1. The Morgan fingerprint density at radius 1 is 1.47 bits per heavy atom. The van der Waals surface area contributed by atoms with Gasteiger partial charge in [-0.15, -0.1) is 0 Å². The fourth-order valence-corrected chi connectivity index (χ4v) is 1.68. The third-order valence-corrected chi connectivity index (χ3v) is 2.62. The molecule has 0 aromatic carbocycles. The lowest BCUT2D eigenvalue weighted by Gasteiger charge is -2.16. The van der Waals surface area contributed by atoms with Crippen LogP contribution in [0.15, 0.2) is 12.1 Å². The van der Waals surface area contributed by atoms with Crippen LogP contribution in [-0.4, -0.2) is 35.9 Å². The van der Waals surface area contributed by atoms with Crippen LogP contribution in [0.2, 0.25) is 5.02 Å². The molecule has 0 spiro atoms. The standard InChI is InChI=1S/C12H18ClN3O/c1-4-8-16(3)12(17)11-9(13)6-7-10(15-11)14-5-2/h6-7H,4-5,8H2,1-3H3,(H,14,15). The van der Waals surface area contributed by atoms with Crippen molar-refractivity contribution in [1.82, 2.24) is 9.88 Å². The van der Waals surface area contributed by atoms with Gasteiger partial charge in [0.25, 0.3) is 5.91 Å². The van der Waals surface area contributed by atoms with Crippen molar-refractivity contribution in [2.45, 2.75) is 20.3 Å². The topological polar surface area (TPSA) is 45.2 Å². The third-order valence-electron chi connectivity index (χ3n) is 2.31. The smallest absolute Gasteiger partial charge is 0.273 e. The lowest BCUT2D eigenvalue weighted by atomic mass is 10.3. The van der Waals surface area contributed by atoms with Crippen LogP contribution in [0.3, 0.4) is 0 Å². The van der Waals surface area contributed by atoms with Crippen LogP contribution in [0.25, 0.3) is 0 Å². The predicted octanol–water partition coefficient (Wildman–Crippen LogP) is 2.65. The molecule has 1 aromatic rings. The van der Waals surface area contributed by atoms with Crippen molar-refractivity contribution < 1.29 is 4.79 Å². The van der Waals surface area contributed by atoms with E-state index in [4.69, 9.17) is 11.6 Å². The van der Waals surface area contributed by atoms with Gasteiger partial charge in [-0.25, -0.2) is 4.98 Å². The molecule has 4 nitrogen and oxygen atoms in total. The zero-order valence-electron chi connectivity index (χ0n) is 10.5. The van der Waals surface area contributed by atoms with Crippen molar-refractivity contribution >= 4 is 23.3 Å². The van der Waals surface area contributed by atoms with Crippen molar-refractivity contribution in [3.05, 3.63) is 22.8 Å². The molecule has 0 aliphatic heterocycles. The molecule has 94 valence electrons. The fourth-order valence-electron chi connectivity index (χ4n) is 1.49. The Morgan fingerprint density at radius 2 is 2.18 bits per heavy atom. The highest BCUT2D eigenvalue weighted by Crippen LogP contribution is 2.18. The first-order chi connectivity index (χ1) is 8.10. The van der Waals surface area contributed by atoms with Crippen LogP contribution >= 0.6 is 11.6 Å². The molecule has 1 heterocycles. The van der Waals surface area contributed by atoms with Gasteiger partial charge in [0.2, 0.25) is 0 Å². The Balaban J connectivity index is 2.95. The van der Waals surface area contributed by atoms with Gasteiger partial charge >= 0.3 is 0 Å². The molecule has 17 heavy (non-hydrogen) atoms. The summed E-state index contributed by atoms with van der Waals surface area (Å²) in [4.78, 5) is 17.9. The van der Waals surface area contributed by atoms with E-state index in [1.165, 1.54) is 0 Å². The summed E-state index contributed by atoms with van der Waals surface area (Å²) in [5, 5.41) is 3.45. The molecule has 0 bridgehead atoms. The number of aromatic nitrogens is 1. The number of rotatable bonds is 5. The second kappa shape index (κ2) is 6.45. The molecule has 0 fully saturated rings. The Hall–Kier alpha value is -1.29. The maximum absolute atomic E-state index is 12.1. The lowest BCUT2D eigenvalue weighted by molar-refractivity contribution is 0.0789. The Morgan fingerprint density at radius 3 is 2.76 bits per heavy atom. The molecule has 1 aromatic heterocycles. The van der Waals surface area contributed by atoms with Crippen molar-refractivity contribution in [2.75, 3.05) is 25.5 Å². The van der Waals surface area contributed by atoms with Gasteiger partial charge in [0.05, 0.1) is 5.02 Å². The average Bonchev–Trinajstić information content (AvgIpc) is 2.31. The molecule has 0 aliphatic carbocycles. The molecule has 0 saturated heterocycles.